The minimum atomic E-state index is 0.418. The van der Waals surface area contributed by atoms with Crippen molar-refractivity contribution in [3.8, 4) is 5.88 Å². The number of hydrogen-bond donors (Lipinski definition) is 1. The molecule has 16 heavy (non-hydrogen) atoms. The molecule has 88 valence electrons. The van der Waals surface area contributed by atoms with Gasteiger partial charge >= 0.3 is 0 Å². The third-order valence-electron chi connectivity index (χ3n) is 1.96. The summed E-state index contributed by atoms with van der Waals surface area (Å²) in [6.45, 7) is 8.92. The summed E-state index contributed by atoms with van der Waals surface area (Å²) in [5.41, 5.74) is 0.990. The molecule has 3 nitrogen and oxygen atoms in total. The highest BCUT2D eigenvalue weighted by atomic mass is 35.5. The van der Waals surface area contributed by atoms with Gasteiger partial charge in [0.25, 0.3) is 0 Å². The van der Waals surface area contributed by atoms with Gasteiger partial charge in [-0.25, -0.2) is 4.98 Å². The average molecular weight is 241 g/mol. The number of nitrogens with one attached hydrogen (secondary N) is 1. The highest BCUT2D eigenvalue weighted by molar-refractivity contribution is 6.31. The van der Waals surface area contributed by atoms with Gasteiger partial charge in [-0.15, -0.1) is 0 Å². The lowest BCUT2D eigenvalue weighted by Gasteiger charge is -2.10. The maximum absolute atomic E-state index is 6.04. The maximum atomic E-state index is 6.04. The number of nitrogens with zero attached hydrogens (tertiary/aromatic N) is 1. The fourth-order valence-corrected chi connectivity index (χ4v) is 1.30. The van der Waals surface area contributed by atoms with Crippen LogP contribution in [-0.2, 0) is 6.54 Å². The van der Waals surface area contributed by atoms with Gasteiger partial charge in [-0.2, -0.15) is 0 Å². The van der Waals surface area contributed by atoms with Crippen molar-refractivity contribution in [3.63, 3.8) is 0 Å². The highest BCUT2D eigenvalue weighted by Crippen LogP contribution is 2.19. The summed E-state index contributed by atoms with van der Waals surface area (Å²) in [5, 5.41) is 3.95. The van der Waals surface area contributed by atoms with E-state index in [1.54, 1.807) is 12.3 Å². The number of aromatic nitrogens is 1. The Hall–Kier alpha value is -1.06. The summed E-state index contributed by atoms with van der Waals surface area (Å²) in [6, 6.07) is 2.27. The van der Waals surface area contributed by atoms with Gasteiger partial charge in [0.15, 0.2) is 0 Å². The zero-order valence-corrected chi connectivity index (χ0v) is 10.4. The number of hydrogen-bond acceptors (Lipinski definition) is 3. The van der Waals surface area contributed by atoms with Gasteiger partial charge in [0, 0.05) is 24.8 Å². The van der Waals surface area contributed by atoms with Crippen molar-refractivity contribution in [2.45, 2.75) is 26.4 Å². The van der Waals surface area contributed by atoms with Crippen LogP contribution in [0.2, 0.25) is 5.02 Å². The molecule has 1 aromatic rings. The van der Waals surface area contributed by atoms with E-state index in [0.717, 1.165) is 5.56 Å². The molecule has 0 unspecified atom stereocenters. The summed E-state index contributed by atoms with van der Waals surface area (Å²) in [4.78, 5) is 4.07. The first-order valence-electron chi connectivity index (χ1n) is 5.25. The summed E-state index contributed by atoms with van der Waals surface area (Å²) >= 11 is 6.04. The van der Waals surface area contributed by atoms with Crippen molar-refractivity contribution in [2.75, 3.05) is 6.61 Å². The Morgan fingerprint density at radius 3 is 3.00 bits per heavy atom. The van der Waals surface area contributed by atoms with E-state index in [1.807, 2.05) is 6.07 Å². The summed E-state index contributed by atoms with van der Waals surface area (Å²) in [5.74, 6) is 0.574. The molecule has 1 aromatic heterocycles. The minimum absolute atomic E-state index is 0.418. The topological polar surface area (TPSA) is 34.1 Å². The summed E-state index contributed by atoms with van der Waals surface area (Å²) < 4.78 is 5.34. The third kappa shape index (κ3) is 4.21. The molecule has 0 aliphatic carbocycles. The molecule has 0 radical (unpaired) electrons. The molecule has 1 N–H and O–H groups in total. The zero-order valence-electron chi connectivity index (χ0n) is 9.66. The summed E-state index contributed by atoms with van der Waals surface area (Å²) in [7, 11) is 0. The molecule has 1 heterocycles. The molecule has 0 bridgehead atoms. The molecule has 0 aliphatic heterocycles. The lowest BCUT2D eigenvalue weighted by molar-refractivity contribution is 0.348. The Kier molecular flexibility index (Phi) is 5.29. The van der Waals surface area contributed by atoms with Crippen LogP contribution in [0.4, 0.5) is 0 Å². The van der Waals surface area contributed by atoms with E-state index in [1.165, 1.54) is 0 Å². The van der Waals surface area contributed by atoms with Crippen molar-refractivity contribution in [1.29, 1.82) is 0 Å². The molecule has 0 atom stereocenters. The largest absolute Gasteiger partial charge is 0.473 e. The normalized spacial score (nSPS) is 10.5. The molecular weight excluding hydrogens is 224 g/mol. The van der Waals surface area contributed by atoms with Crippen LogP contribution < -0.4 is 10.1 Å². The van der Waals surface area contributed by atoms with Crippen LogP contribution in [-0.4, -0.2) is 17.6 Å². The standard InChI is InChI=1S/C12H17ClN2O/c1-4-5-16-12-6-10(7-14-9(2)3)11(13)8-15-12/h4,6,8-9,14H,1,5,7H2,2-3H3. The molecule has 0 saturated carbocycles. The Morgan fingerprint density at radius 1 is 1.62 bits per heavy atom. The first kappa shape index (κ1) is 13.0. The van der Waals surface area contributed by atoms with Crippen molar-refractivity contribution in [1.82, 2.24) is 10.3 Å². The van der Waals surface area contributed by atoms with Gasteiger partial charge in [-0.3, -0.25) is 0 Å². The molecule has 0 amide bonds. The number of ether oxygens (including phenoxy) is 1. The van der Waals surface area contributed by atoms with E-state index in [-0.39, 0.29) is 0 Å². The van der Waals surface area contributed by atoms with E-state index in [4.69, 9.17) is 16.3 Å². The minimum Gasteiger partial charge on any atom is -0.473 e. The van der Waals surface area contributed by atoms with Crippen LogP contribution >= 0.6 is 11.6 Å². The second-order valence-corrected chi connectivity index (χ2v) is 4.16. The molecule has 4 heteroatoms. The lowest BCUT2D eigenvalue weighted by atomic mass is 10.2. The highest BCUT2D eigenvalue weighted by Gasteiger charge is 2.04. The molecule has 0 fully saturated rings. The van der Waals surface area contributed by atoms with Gasteiger partial charge in [0.2, 0.25) is 5.88 Å². The van der Waals surface area contributed by atoms with Gasteiger partial charge < -0.3 is 10.1 Å². The molecule has 0 aromatic carbocycles. The monoisotopic (exact) mass is 240 g/mol. The smallest absolute Gasteiger partial charge is 0.213 e. The number of halogens is 1. The van der Waals surface area contributed by atoms with Crippen molar-refractivity contribution >= 4 is 11.6 Å². The van der Waals surface area contributed by atoms with Crippen LogP contribution in [0.15, 0.2) is 24.9 Å². The Balaban J connectivity index is 2.69. The van der Waals surface area contributed by atoms with Crippen LogP contribution in [0.3, 0.4) is 0 Å². The lowest BCUT2D eigenvalue weighted by Crippen LogP contribution is -2.22. The second-order valence-electron chi connectivity index (χ2n) is 3.75. The molecule has 0 spiro atoms. The quantitative estimate of drug-likeness (QED) is 0.777. The van der Waals surface area contributed by atoms with Crippen LogP contribution in [0, 0.1) is 0 Å². The van der Waals surface area contributed by atoms with E-state index < -0.39 is 0 Å². The SMILES string of the molecule is C=CCOc1cc(CNC(C)C)c(Cl)cn1. The number of pyridine rings is 1. The molecule has 1 rings (SSSR count). The van der Waals surface area contributed by atoms with Crippen molar-refractivity contribution < 1.29 is 4.74 Å². The second kappa shape index (κ2) is 6.51. The van der Waals surface area contributed by atoms with E-state index >= 15 is 0 Å². The molecular formula is C12H17ClN2O. The third-order valence-corrected chi connectivity index (χ3v) is 2.30. The van der Waals surface area contributed by atoms with Crippen molar-refractivity contribution in [3.05, 3.63) is 35.5 Å². The first-order chi connectivity index (χ1) is 7.63. The predicted octanol–water partition coefficient (Wildman–Crippen LogP) is 2.80. The van der Waals surface area contributed by atoms with Crippen LogP contribution in [0.1, 0.15) is 19.4 Å². The fraction of sp³-hybridized carbons (Fsp3) is 0.417. The van der Waals surface area contributed by atoms with E-state index in [9.17, 15) is 0 Å². The Labute approximate surface area is 101 Å². The van der Waals surface area contributed by atoms with Gasteiger partial charge in [0.1, 0.15) is 6.61 Å². The predicted molar refractivity (Wildman–Crippen MR) is 66.9 cm³/mol. The Morgan fingerprint density at radius 2 is 2.38 bits per heavy atom. The maximum Gasteiger partial charge on any atom is 0.213 e. The number of rotatable bonds is 6. The summed E-state index contributed by atoms with van der Waals surface area (Å²) in [6.07, 6.45) is 3.29. The zero-order chi connectivity index (χ0) is 12.0. The molecule has 0 aliphatic rings. The van der Waals surface area contributed by atoms with Crippen LogP contribution in [0.5, 0.6) is 5.88 Å². The van der Waals surface area contributed by atoms with E-state index in [2.05, 4.69) is 30.7 Å². The first-order valence-corrected chi connectivity index (χ1v) is 5.62. The molecule has 0 saturated heterocycles. The fourth-order valence-electron chi connectivity index (χ4n) is 1.13. The van der Waals surface area contributed by atoms with Crippen LogP contribution in [0.25, 0.3) is 0 Å². The van der Waals surface area contributed by atoms with Gasteiger partial charge in [-0.1, -0.05) is 38.1 Å². The van der Waals surface area contributed by atoms with Gasteiger partial charge in [0.05, 0.1) is 5.02 Å². The van der Waals surface area contributed by atoms with Gasteiger partial charge in [-0.05, 0) is 5.56 Å². The Bertz CT molecular complexity index is 353. The van der Waals surface area contributed by atoms with E-state index in [0.29, 0.717) is 30.1 Å². The van der Waals surface area contributed by atoms with Crippen molar-refractivity contribution in [2.24, 2.45) is 0 Å². The average Bonchev–Trinajstić information content (AvgIpc) is 2.26.